The van der Waals surface area contributed by atoms with Crippen LogP contribution in [0, 0.1) is 11.7 Å². The molecule has 2 aromatic heterocycles. The minimum atomic E-state index is -0.773. The Hall–Kier alpha value is -3.26. The number of anilines is 3. The third kappa shape index (κ3) is 4.97. The lowest BCUT2D eigenvalue weighted by atomic mass is 10.0. The standard InChI is InChI=1S/C21H25FN6O/c1-12(2)8-15(11-23)27-21-17(22)10-16(19(24)29)20(28-21)26-14-5-6-18-13(9-14)4-3-7-25-18/h3-7,9-10,12,15H,8,11,23H2,1-2H3,(H2,24,29)(H2,26,27,28). The Labute approximate surface area is 168 Å². The van der Waals surface area contributed by atoms with E-state index in [-0.39, 0.29) is 23.2 Å². The molecular formula is C21H25FN6O. The maximum Gasteiger partial charge on any atom is 0.252 e. The van der Waals surface area contributed by atoms with Crippen molar-refractivity contribution < 1.29 is 9.18 Å². The maximum atomic E-state index is 14.6. The molecule has 0 spiro atoms. The molecule has 152 valence electrons. The van der Waals surface area contributed by atoms with Crippen LogP contribution in [-0.2, 0) is 0 Å². The van der Waals surface area contributed by atoms with Crippen molar-refractivity contribution in [2.75, 3.05) is 17.2 Å². The van der Waals surface area contributed by atoms with Crippen LogP contribution in [0.1, 0.15) is 30.6 Å². The van der Waals surface area contributed by atoms with Gasteiger partial charge in [0.15, 0.2) is 11.6 Å². The summed E-state index contributed by atoms with van der Waals surface area (Å²) < 4.78 is 14.6. The molecule has 0 aliphatic rings. The molecule has 3 rings (SSSR count). The number of fused-ring (bicyclic) bond motifs is 1. The molecule has 0 saturated carbocycles. The Morgan fingerprint density at radius 2 is 2.00 bits per heavy atom. The van der Waals surface area contributed by atoms with E-state index >= 15 is 0 Å². The van der Waals surface area contributed by atoms with Crippen molar-refractivity contribution >= 4 is 34.1 Å². The number of hydrogen-bond acceptors (Lipinski definition) is 6. The molecule has 6 N–H and O–H groups in total. The lowest BCUT2D eigenvalue weighted by Crippen LogP contribution is -2.31. The van der Waals surface area contributed by atoms with Gasteiger partial charge in [-0.25, -0.2) is 9.37 Å². The predicted molar refractivity (Wildman–Crippen MR) is 114 cm³/mol. The van der Waals surface area contributed by atoms with Crippen LogP contribution in [0.2, 0.25) is 0 Å². The van der Waals surface area contributed by atoms with Gasteiger partial charge in [0.25, 0.3) is 5.91 Å². The smallest absolute Gasteiger partial charge is 0.252 e. The molecule has 1 amide bonds. The minimum Gasteiger partial charge on any atom is -0.365 e. The highest BCUT2D eigenvalue weighted by atomic mass is 19.1. The highest BCUT2D eigenvalue weighted by molar-refractivity contribution is 5.99. The topological polar surface area (TPSA) is 119 Å². The van der Waals surface area contributed by atoms with E-state index in [2.05, 4.69) is 34.4 Å². The zero-order valence-electron chi connectivity index (χ0n) is 16.4. The Bertz CT molecular complexity index is 1020. The van der Waals surface area contributed by atoms with Crippen LogP contribution in [0.15, 0.2) is 42.6 Å². The number of hydrogen-bond donors (Lipinski definition) is 4. The molecule has 0 aliphatic carbocycles. The van der Waals surface area contributed by atoms with Gasteiger partial charge in [-0.2, -0.15) is 0 Å². The maximum absolute atomic E-state index is 14.6. The summed E-state index contributed by atoms with van der Waals surface area (Å²) in [4.78, 5) is 20.4. The molecule has 3 aromatic rings. The molecule has 0 bridgehead atoms. The average Bonchev–Trinajstić information content (AvgIpc) is 2.69. The summed E-state index contributed by atoms with van der Waals surface area (Å²) in [5, 5.41) is 7.02. The van der Waals surface area contributed by atoms with E-state index in [1.807, 2.05) is 24.3 Å². The van der Waals surface area contributed by atoms with E-state index in [0.29, 0.717) is 18.2 Å². The van der Waals surface area contributed by atoms with Crippen molar-refractivity contribution in [3.8, 4) is 0 Å². The average molecular weight is 396 g/mol. The number of rotatable bonds is 8. The Morgan fingerprint density at radius 1 is 1.21 bits per heavy atom. The largest absolute Gasteiger partial charge is 0.365 e. The lowest BCUT2D eigenvalue weighted by Gasteiger charge is -2.21. The Balaban J connectivity index is 1.95. The van der Waals surface area contributed by atoms with Gasteiger partial charge >= 0.3 is 0 Å². The molecule has 8 heteroatoms. The van der Waals surface area contributed by atoms with E-state index in [1.54, 1.807) is 12.3 Å². The van der Waals surface area contributed by atoms with E-state index in [9.17, 15) is 9.18 Å². The third-order valence-electron chi connectivity index (χ3n) is 4.49. The number of nitrogens with two attached hydrogens (primary N) is 2. The fourth-order valence-corrected chi connectivity index (χ4v) is 3.14. The van der Waals surface area contributed by atoms with Gasteiger partial charge in [0.2, 0.25) is 0 Å². The Kier molecular flexibility index (Phi) is 6.23. The number of nitrogens with one attached hydrogen (secondary N) is 2. The number of carbonyl (C=O) groups is 1. The monoisotopic (exact) mass is 396 g/mol. The Morgan fingerprint density at radius 3 is 2.69 bits per heavy atom. The first-order chi connectivity index (χ1) is 13.9. The van der Waals surface area contributed by atoms with Crippen LogP contribution in [0.4, 0.5) is 21.7 Å². The first-order valence-corrected chi connectivity index (χ1v) is 9.46. The molecule has 0 aliphatic heterocycles. The molecule has 2 heterocycles. The van der Waals surface area contributed by atoms with Crippen LogP contribution in [0.3, 0.4) is 0 Å². The summed E-state index contributed by atoms with van der Waals surface area (Å²) in [6.07, 6.45) is 2.47. The van der Waals surface area contributed by atoms with Crippen molar-refractivity contribution in [3.05, 3.63) is 54.0 Å². The first-order valence-electron chi connectivity index (χ1n) is 9.46. The number of nitrogens with zero attached hydrogens (tertiary/aromatic N) is 2. The van der Waals surface area contributed by atoms with Crippen LogP contribution < -0.4 is 22.1 Å². The van der Waals surface area contributed by atoms with Gasteiger partial charge in [-0.1, -0.05) is 19.9 Å². The molecule has 7 nitrogen and oxygen atoms in total. The summed E-state index contributed by atoms with van der Waals surface area (Å²) in [5.74, 6) is -0.853. The SMILES string of the molecule is CC(C)CC(CN)Nc1nc(Nc2ccc3ncccc3c2)c(C(N)=O)cc1F. The van der Waals surface area contributed by atoms with Gasteiger partial charge in [0, 0.05) is 29.9 Å². The van der Waals surface area contributed by atoms with Crippen molar-refractivity contribution in [1.29, 1.82) is 0 Å². The summed E-state index contributed by atoms with van der Waals surface area (Å²) in [7, 11) is 0. The van der Waals surface area contributed by atoms with E-state index < -0.39 is 11.7 Å². The fourth-order valence-electron chi connectivity index (χ4n) is 3.14. The zero-order valence-corrected chi connectivity index (χ0v) is 16.4. The third-order valence-corrected chi connectivity index (χ3v) is 4.49. The molecule has 0 radical (unpaired) electrons. The zero-order chi connectivity index (χ0) is 21.0. The van der Waals surface area contributed by atoms with E-state index in [0.717, 1.165) is 23.4 Å². The lowest BCUT2D eigenvalue weighted by molar-refractivity contribution is 0.100. The van der Waals surface area contributed by atoms with Crippen LogP contribution in [0.5, 0.6) is 0 Å². The van der Waals surface area contributed by atoms with Crippen molar-refractivity contribution in [2.45, 2.75) is 26.3 Å². The first kappa shape index (κ1) is 20.5. The van der Waals surface area contributed by atoms with E-state index in [1.165, 1.54) is 0 Å². The molecule has 1 unspecified atom stereocenters. The fraction of sp³-hybridized carbons (Fsp3) is 0.286. The van der Waals surface area contributed by atoms with Crippen molar-refractivity contribution in [1.82, 2.24) is 9.97 Å². The van der Waals surface area contributed by atoms with Gasteiger partial charge in [0.1, 0.15) is 5.82 Å². The molecule has 1 aromatic carbocycles. The van der Waals surface area contributed by atoms with Crippen molar-refractivity contribution in [2.24, 2.45) is 17.4 Å². The summed E-state index contributed by atoms with van der Waals surface area (Å²) >= 11 is 0. The highest BCUT2D eigenvalue weighted by Crippen LogP contribution is 2.26. The molecule has 0 saturated heterocycles. The van der Waals surface area contributed by atoms with E-state index in [4.69, 9.17) is 11.5 Å². The van der Waals surface area contributed by atoms with Gasteiger partial charge in [0.05, 0.1) is 11.1 Å². The van der Waals surface area contributed by atoms with Crippen LogP contribution in [-0.4, -0.2) is 28.5 Å². The molecule has 1 atom stereocenters. The molecular weight excluding hydrogens is 371 g/mol. The van der Waals surface area contributed by atoms with Crippen LogP contribution >= 0.6 is 0 Å². The number of pyridine rings is 2. The number of halogens is 1. The number of aromatic nitrogens is 2. The summed E-state index contributed by atoms with van der Waals surface area (Å²) in [6, 6.07) is 10.2. The quantitative estimate of drug-likeness (QED) is 0.463. The minimum absolute atomic E-state index is 0.0241. The second kappa shape index (κ2) is 8.83. The molecule has 29 heavy (non-hydrogen) atoms. The highest BCUT2D eigenvalue weighted by Gasteiger charge is 2.19. The van der Waals surface area contributed by atoms with Gasteiger partial charge < -0.3 is 22.1 Å². The number of carbonyl (C=O) groups excluding carboxylic acids is 1. The predicted octanol–water partition coefficient (Wildman–Crippen LogP) is 3.40. The van der Waals surface area contributed by atoms with Crippen molar-refractivity contribution in [3.63, 3.8) is 0 Å². The van der Waals surface area contributed by atoms with Gasteiger partial charge in [-0.3, -0.25) is 9.78 Å². The number of amides is 1. The normalized spacial score (nSPS) is 12.2. The van der Waals surface area contributed by atoms with Crippen LogP contribution in [0.25, 0.3) is 10.9 Å². The number of benzene rings is 1. The van der Waals surface area contributed by atoms with Gasteiger partial charge in [-0.15, -0.1) is 0 Å². The summed E-state index contributed by atoms with van der Waals surface area (Å²) in [6.45, 7) is 4.45. The van der Waals surface area contributed by atoms with Gasteiger partial charge in [-0.05, 0) is 42.7 Å². The molecule has 0 fully saturated rings. The second-order valence-corrected chi connectivity index (χ2v) is 7.32. The second-order valence-electron chi connectivity index (χ2n) is 7.32. The summed E-state index contributed by atoms with van der Waals surface area (Å²) in [5.41, 5.74) is 12.7. The number of primary amides is 1.